The largest absolute Gasteiger partial charge is 0.477 e. The van der Waals surface area contributed by atoms with Crippen LogP contribution in [0.15, 0.2) is 48.7 Å². The Labute approximate surface area is 241 Å². The first-order valence-electron chi connectivity index (χ1n) is 13.9. The lowest BCUT2D eigenvalue weighted by Crippen LogP contribution is -2.57. The Balaban J connectivity index is 1.38. The van der Waals surface area contributed by atoms with Gasteiger partial charge < -0.3 is 19.9 Å². The van der Waals surface area contributed by atoms with Crippen molar-refractivity contribution < 1.29 is 22.7 Å². The topological polar surface area (TPSA) is 70.6 Å². The highest BCUT2D eigenvalue weighted by molar-refractivity contribution is 6.31. The highest BCUT2D eigenvalue weighted by Gasteiger charge is 2.48. The summed E-state index contributed by atoms with van der Waals surface area (Å²) < 4.78 is 47.6. The maximum absolute atomic E-state index is 13.9. The lowest BCUT2D eigenvalue weighted by Gasteiger charge is -2.50. The molecule has 216 valence electrons. The Morgan fingerprint density at radius 3 is 2.66 bits per heavy atom. The number of ether oxygens (including phenoxy) is 1. The summed E-state index contributed by atoms with van der Waals surface area (Å²) in [5, 5.41) is 3.05. The minimum atomic E-state index is -4.56. The van der Waals surface area contributed by atoms with Crippen molar-refractivity contribution in [3.05, 3.63) is 70.5 Å². The fourth-order valence-electron chi connectivity index (χ4n) is 6.52. The van der Waals surface area contributed by atoms with Crippen LogP contribution in [-0.2, 0) is 11.6 Å². The van der Waals surface area contributed by atoms with E-state index in [0.29, 0.717) is 68.5 Å². The van der Waals surface area contributed by atoms with Crippen molar-refractivity contribution in [2.45, 2.75) is 43.8 Å². The first kappa shape index (κ1) is 27.8. The SMILES string of the molecule is CCOc1ncccc1-c1ccc2c(n1)C(=O)N(C1CCNC1)CC21CCN(c2cccc(Cl)c2C(F)(F)F)CC1. The van der Waals surface area contributed by atoms with E-state index in [1.807, 2.05) is 30.0 Å². The number of aromatic nitrogens is 2. The summed E-state index contributed by atoms with van der Waals surface area (Å²) in [5.74, 6) is 0.340. The van der Waals surface area contributed by atoms with E-state index in [2.05, 4.69) is 10.3 Å². The molecule has 3 aromatic rings. The Hall–Kier alpha value is -3.37. The second kappa shape index (κ2) is 10.8. The highest BCUT2D eigenvalue weighted by Crippen LogP contribution is 2.46. The average Bonchev–Trinajstić information content (AvgIpc) is 3.50. The molecule has 0 radical (unpaired) electrons. The first-order valence-corrected chi connectivity index (χ1v) is 14.3. The van der Waals surface area contributed by atoms with Gasteiger partial charge in [-0.2, -0.15) is 13.2 Å². The van der Waals surface area contributed by atoms with Gasteiger partial charge in [-0.1, -0.05) is 23.7 Å². The molecule has 2 saturated heterocycles. The van der Waals surface area contributed by atoms with Crippen LogP contribution in [-0.4, -0.2) is 66.1 Å². The van der Waals surface area contributed by atoms with E-state index in [0.717, 1.165) is 18.5 Å². The van der Waals surface area contributed by atoms with E-state index in [4.69, 9.17) is 21.3 Å². The summed E-state index contributed by atoms with van der Waals surface area (Å²) >= 11 is 6.03. The number of halogens is 4. The molecular formula is C30H31ClF3N5O2. The molecule has 1 amide bonds. The van der Waals surface area contributed by atoms with Crippen LogP contribution in [0.25, 0.3) is 11.3 Å². The molecule has 1 atom stereocenters. The van der Waals surface area contributed by atoms with Gasteiger partial charge in [0.05, 0.1) is 34.1 Å². The van der Waals surface area contributed by atoms with Crippen LogP contribution in [0, 0.1) is 0 Å². The molecule has 5 heterocycles. The molecule has 11 heteroatoms. The van der Waals surface area contributed by atoms with Crippen molar-refractivity contribution in [3.63, 3.8) is 0 Å². The molecule has 1 N–H and O–H groups in total. The third-order valence-corrected chi connectivity index (χ3v) is 8.86. The van der Waals surface area contributed by atoms with Crippen LogP contribution in [0.5, 0.6) is 5.88 Å². The van der Waals surface area contributed by atoms with Gasteiger partial charge in [-0.25, -0.2) is 9.97 Å². The lowest BCUT2D eigenvalue weighted by atomic mass is 9.69. The van der Waals surface area contributed by atoms with E-state index >= 15 is 0 Å². The normalized spacial score (nSPS) is 20.4. The quantitative estimate of drug-likeness (QED) is 0.422. The number of hydrogen-bond acceptors (Lipinski definition) is 6. The zero-order valence-corrected chi connectivity index (χ0v) is 23.4. The maximum Gasteiger partial charge on any atom is 0.419 e. The van der Waals surface area contributed by atoms with Crippen molar-refractivity contribution in [3.8, 4) is 17.1 Å². The van der Waals surface area contributed by atoms with Crippen molar-refractivity contribution in [1.29, 1.82) is 0 Å². The van der Waals surface area contributed by atoms with E-state index < -0.39 is 17.2 Å². The number of benzene rings is 1. The molecule has 3 aliphatic heterocycles. The summed E-state index contributed by atoms with van der Waals surface area (Å²) in [6.07, 6.45) is -0.916. The predicted octanol–water partition coefficient (Wildman–Crippen LogP) is 5.57. The minimum absolute atomic E-state index is 0.0400. The molecule has 3 aliphatic rings. The maximum atomic E-state index is 13.9. The van der Waals surface area contributed by atoms with Crippen LogP contribution in [0.2, 0.25) is 5.02 Å². The third kappa shape index (κ3) is 5.01. The van der Waals surface area contributed by atoms with Gasteiger partial charge >= 0.3 is 6.18 Å². The number of pyridine rings is 2. The van der Waals surface area contributed by atoms with Crippen LogP contribution in [0.1, 0.15) is 47.8 Å². The summed E-state index contributed by atoms with van der Waals surface area (Å²) in [6.45, 7) is 5.17. The zero-order valence-electron chi connectivity index (χ0n) is 22.7. The summed E-state index contributed by atoms with van der Waals surface area (Å²) in [4.78, 5) is 26.9. The Morgan fingerprint density at radius 2 is 1.95 bits per heavy atom. The van der Waals surface area contributed by atoms with Crippen molar-refractivity contribution in [2.24, 2.45) is 0 Å². The molecule has 2 fully saturated rings. The van der Waals surface area contributed by atoms with Crippen molar-refractivity contribution >= 4 is 23.2 Å². The van der Waals surface area contributed by atoms with Gasteiger partial charge in [0.1, 0.15) is 5.69 Å². The molecular weight excluding hydrogens is 555 g/mol. The molecule has 7 nitrogen and oxygen atoms in total. The number of piperidine rings is 1. The fourth-order valence-corrected chi connectivity index (χ4v) is 6.79. The molecule has 6 rings (SSSR count). The monoisotopic (exact) mass is 585 g/mol. The minimum Gasteiger partial charge on any atom is -0.477 e. The summed E-state index contributed by atoms with van der Waals surface area (Å²) in [6, 6.07) is 11.9. The number of nitrogens with one attached hydrogen (secondary N) is 1. The molecule has 0 aliphatic carbocycles. The number of anilines is 1. The van der Waals surface area contributed by atoms with Gasteiger partial charge in [-0.3, -0.25) is 4.79 Å². The highest BCUT2D eigenvalue weighted by atomic mass is 35.5. The molecule has 1 aromatic carbocycles. The number of rotatable bonds is 5. The Morgan fingerprint density at radius 1 is 1.15 bits per heavy atom. The number of carbonyl (C=O) groups is 1. The van der Waals surface area contributed by atoms with Crippen molar-refractivity contribution in [1.82, 2.24) is 20.2 Å². The average molecular weight is 586 g/mol. The summed E-state index contributed by atoms with van der Waals surface area (Å²) in [5.41, 5.74) is 1.43. The number of nitrogens with zero attached hydrogens (tertiary/aromatic N) is 4. The number of fused-ring (bicyclic) bond motifs is 2. The summed E-state index contributed by atoms with van der Waals surface area (Å²) in [7, 11) is 0. The molecule has 0 saturated carbocycles. The lowest BCUT2D eigenvalue weighted by molar-refractivity contribution is -0.137. The van der Waals surface area contributed by atoms with Crippen LogP contribution in [0.4, 0.5) is 18.9 Å². The van der Waals surface area contributed by atoms with Gasteiger partial charge in [-0.15, -0.1) is 0 Å². The van der Waals surface area contributed by atoms with Crippen LogP contribution >= 0.6 is 11.6 Å². The van der Waals surface area contributed by atoms with E-state index in [9.17, 15) is 18.0 Å². The number of carbonyl (C=O) groups excluding carboxylic acids is 1. The smallest absolute Gasteiger partial charge is 0.419 e. The van der Waals surface area contributed by atoms with Crippen molar-refractivity contribution in [2.75, 3.05) is 44.2 Å². The first-order chi connectivity index (χ1) is 19.7. The molecule has 41 heavy (non-hydrogen) atoms. The Bertz CT molecular complexity index is 1450. The predicted molar refractivity (Wildman–Crippen MR) is 151 cm³/mol. The van der Waals surface area contributed by atoms with Gasteiger partial charge in [0, 0.05) is 43.8 Å². The van der Waals surface area contributed by atoms with E-state index in [1.54, 1.807) is 23.2 Å². The zero-order chi connectivity index (χ0) is 28.8. The molecule has 0 bridgehead atoms. The molecule has 1 spiro atoms. The van der Waals surface area contributed by atoms with E-state index in [-0.39, 0.29) is 22.7 Å². The van der Waals surface area contributed by atoms with Gasteiger partial charge in [0.25, 0.3) is 5.91 Å². The van der Waals surface area contributed by atoms with E-state index in [1.165, 1.54) is 12.1 Å². The van der Waals surface area contributed by atoms with Gasteiger partial charge in [0.15, 0.2) is 0 Å². The van der Waals surface area contributed by atoms with Gasteiger partial charge in [-0.05, 0) is 68.6 Å². The van der Waals surface area contributed by atoms with Gasteiger partial charge in [0.2, 0.25) is 5.88 Å². The van der Waals surface area contributed by atoms with Crippen LogP contribution < -0.4 is 15.0 Å². The Kier molecular flexibility index (Phi) is 7.32. The number of hydrogen-bond donors (Lipinski definition) is 1. The molecule has 2 aromatic heterocycles. The second-order valence-corrected chi connectivity index (χ2v) is 11.3. The molecule has 1 unspecified atom stereocenters. The fraction of sp³-hybridized carbons (Fsp3) is 0.433. The standard InChI is InChI=1S/C30H31ClF3N5O2/c1-2-41-27-20(5-4-13-36-27)23-9-8-21-26(37-23)28(40)39(19-10-14-35-17-19)18-29(21)11-15-38(16-12-29)24-7-3-6-22(31)25(24)30(32,33)34/h3-9,13,19,35H,2,10-12,14-18H2,1H3. The number of amides is 1. The number of alkyl halides is 3. The second-order valence-electron chi connectivity index (χ2n) is 10.9. The van der Waals surface area contributed by atoms with Crippen LogP contribution in [0.3, 0.4) is 0 Å². The third-order valence-electron chi connectivity index (χ3n) is 8.54.